The molecule has 1 rings (SSSR count). The molecule has 0 saturated heterocycles. The summed E-state index contributed by atoms with van der Waals surface area (Å²) in [4.78, 5) is 0. The van der Waals surface area contributed by atoms with Crippen molar-refractivity contribution >= 4 is 24.0 Å². The lowest BCUT2D eigenvalue weighted by Gasteiger charge is -2.34. The summed E-state index contributed by atoms with van der Waals surface area (Å²) in [6.07, 6.45) is 2.83. The Balaban J connectivity index is 0.00000529. The van der Waals surface area contributed by atoms with Crippen molar-refractivity contribution in [1.29, 1.82) is 0 Å². The minimum atomic E-state index is 0. The van der Waals surface area contributed by atoms with Crippen LogP contribution in [0.25, 0.3) is 0 Å². The molecule has 0 saturated carbocycles. The molecular formula is C20H35Cl2NO. The van der Waals surface area contributed by atoms with Gasteiger partial charge in [0.25, 0.3) is 0 Å². The molecule has 0 bridgehead atoms. The zero-order valence-corrected chi connectivity index (χ0v) is 17.9. The number of hydrogen-bond acceptors (Lipinski definition) is 2. The topological polar surface area (TPSA) is 35.2 Å². The van der Waals surface area contributed by atoms with E-state index < -0.39 is 0 Å². The van der Waals surface area contributed by atoms with Gasteiger partial charge in [0.05, 0.1) is 11.6 Å². The molecule has 0 spiro atoms. The molecule has 0 aliphatic heterocycles. The van der Waals surface area contributed by atoms with Gasteiger partial charge in [-0.2, -0.15) is 0 Å². The molecule has 1 aromatic rings. The molecule has 0 aliphatic carbocycles. The van der Waals surface area contributed by atoms with Crippen LogP contribution >= 0.6 is 24.0 Å². The zero-order valence-electron chi connectivity index (χ0n) is 16.3. The van der Waals surface area contributed by atoms with Crippen LogP contribution in [0.4, 0.5) is 0 Å². The molecule has 1 unspecified atom stereocenters. The zero-order chi connectivity index (χ0) is 17.8. The van der Waals surface area contributed by atoms with Crippen LogP contribution in [-0.2, 0) is 11.8 Å². The molecule has 140 valence electrons. The van der Waals surface area contributed by atoms with Crippen molar-refractivity contribution in [2.75, 3.05) is 6.61 Å². The average Bonchev–Trinajstić information content (AvgIpc) is 2.34. The Morgan fingerprint density at radius 2 is 1.75 bits per heavy atom. The monoisotopic (exact) mass is 375 g/mol. The van der Waals surface area contributed by atoms with Crippen LogP contribution in [0, 0.1) is 5.41 Å². The van der Waals surface area contributed by atoms with Crippen molar-refractivity contribution in [2.45, 2.75) is 79.2 Å². The Kier molecular flexibility index (Phi) is 9.14. The molecule has 0 radical (unpaired) electrons. The van der Waals surface area contributed by atoms with E-state index in [1.54, 1.807) is 0 Å². The van der Waals surface area contributed by atoms with Gasteiger partial charge >= 0.3 is 0 Å². The van der Waals surface area contributed by atoms with Crippen molar-refractivity contribution in [2.24, 2.45) is 11.1 Å². The summed E-state index contributed by atoms with van der Waals surface area (Å²) in [6.45, 7) is 16.2. The summed E-state index contributed by atoms with van der Waals surface area (Å²) >= 11 is 6.57. The third-order valence-electron chi connectivity index (χ3n) is 3.87. The highest BCUT2D eigenvalue weighted by atomic mass is 35.5. The Bertz CT molecular complexity index is 519. The van der Waals surface area contributed by atoms with Gasteiger partial charge < -0.3 is 10.5 Å². The number of rotatable bonds is 7. The highest BCUT2D eigenvalue weighted by Gasteiger charge is 2.29. The van der Waals surface area contributed by atoms with Gasteiger partial charge in [0.1, 0.15) is 5.75 Å². The summed E-state index contributed by atoms with van der Waals surface area (Å²) in [6, 6.07) is 4.39. The van der Waals surface area contributed by atoms with Gasteiger partial charge in [0.2, 0.25) is 0 Å². The fourth-order valence-corrected chi connectivity index (χ4v) is 3.63. The van der Waals surface area contributed by atoms with Gasteiger partial charge in [-0.05, 0) is 54.2 Å². The lowest BCUT2D eigenvalue weighted by atomic mass is 9.72. The first-order valence-corrected chi connectivity index (χ1v) is 9.05. The molecule has 4 heteroatoms. The fourth-order valence-electron chi connectivity index (χ4n) is 3.33. The predicted molar refractivity (Wildman–Crippen MR) is 109 cm³/mol. The van der Waals surface area contributed by atoms with E-state index in [1.807, 2.05) is 6.92 Å². The van der Waals surface area contributed by atoms with Crippen LogP contribution < -0.4 is 10.5 Å². The van der Waals surface area contributed by atoms with Crippen molar-refractivity contribution in [3.63, 3.8) is 0 Å². The average molecular weight is 376 g/mol. The number of halogens is 2. The van der Waals surface area contributed by atoms with E-state index in [0.717, 1.165) is 30.6 Å². The molecule has 1 aromatic carbocycles. The number of benzene rings is 1. The summed E-state index contributed by atoms with van der Waals surface area (Å²) in [5, 5.41) is 0.702. The van der Waals surface area contributed by atoms with Crippen molar-refractivity contribution in [1.82, 2.24) is 0 Å². The van der Waals surface area contributed by atoms with Crippen LogP contribution in [0.1, 0.15) is 72.4 Å². The van der Waals surface area contributed by atoms with Crippen molar-refractivity contribution in [3.05, 3.63) is 28.3 Å². The lowest BCUT2D eigenvalue weighted by Crippen LogP contribution is -2.25. The highest BCUT2D eigenvalue weighted by Crippen LogP contribution is 2.40. The third kappa shape index (κ3) is 7.21. The van der Waals surface area contributed by atoms with Crippen LogP contribution in [-0.4, -0.2) is 12.6 Å². The molecule has 2 nitrogen and oxygen atoms in total. The molecule has 0 aliphatic rings. The standard InChI is InChI=1S/C20H34ClNO.ClH/c1-8-9-23-18-15(10-14(2)22)11-16(12-17(18)21)20(6,7)13-19(3,4)5;/h11-12,14H,8-10,13,22H2,1-7H3;1H. The molecule has 1 atom stereocenters. The maximum Gasteiger partial charge on any atom is 0.141 e. The minimum absolute atomic E-state index is 0. The largest absolute Gasteiger partial charge is 0.492 e. The van der Waals surface area contributed by atoms with E-state index in [9.17, 15) is 0 Å². The van der Waals surface area contributed by atoms with E-state index in [2.05, 4.69) is 53.7 Å². The Morgan fingerprint density at radius 1 is 1.17 bits per heavy atom. The first-order valence-electron chi connectivity index (χ1n) is 8.67. The molecule has 0 fully saturated rings. The first-order chi connectivity index (χ1) is 10.5. The van der Waals surface area contributed by atoms with Gasteiger partial charge in [-0.3, -0.25) is 0 Å². The Hall–Kier alpha value is -0.440. The second-order valence-corrected chi connectivity index (χ2v) is 9.00. The van der Waals surface area contributed by atoms with Gasteiger partial charge in [-0.1, -0.05) is 59.2 Å². The number of hydrogen-bond donors (Lipinski definition) is 1. The molecule has 0 amide bonds. The minimum Gasteiger partial charge on any atom is -0.492 e. The van der Waals surface area contributed by atoms with E-state index in [-0.39, 0.29) is 29.3 Å². The van der Waals surface area contributed by atoms with Crippen LogP contribution in [0.15, 0.2) is 12.1 Å². The Labute approximate surface area is 159 Å². The van der Waals surface area contributed by atoms with Crippen molar-refractivity contribution in [3.8, 4) is 5.75 Å². The maximum absolute atomic E-state index is 6.57. The van der Waals surface area contributed by atoms with Crippen LogP contribution in [0.2, 0.25) is 5.02 Å². The smallest absolute Gasteiger partial charge is 0.141 e. The Morgan fingerprint density at radius 3 is 2.21 bits per heavy atom. The fraction of sp³-hybridized carbons (Fsp3) is 0.700. The summed E-state index contributed by atoms with van der Waals surface area (Å²) in [5.41, 5.74) is 8.73. The summed E-state index contributed by atoms with van der Waals surface area (Å²) in [5.74, 6) is 0.807. The van der Waals surface area contributed by atoms with E-state index in [0.29, 0.717) is 11.6 Å². The van der Waals surface area contributed by atoms with Gasteiger partial charge in [-0.15, -0.1) is 12.4 Å². The number of nitrogens with two attached hydrogens (primary N) is 1. The van der Waals surface area contributed by atoms with E-state index in [1.165, 1.54) is 5.56 Å². The van der Waals surface area contributed by atoms with E-state index >= 15 is 0 Å². The van der Waals surface area contributed by atoms with Gasteiger partial charge in [0, 0.05) is 6.04 Å². The van der Waals surface area contributed by atoms with Crippen LogP contribution in [0.3, 0.4) is 0 Å². The van der Waals surface area contributed by atoms with E-state index in [4.69, 9.17) is 22.1 Å². The molecule has 0 aromatic heterocycles. The SMILES string of the molecule is CCCOc1c(Cl)cc(C(C)(C)CC(C)(C)C)cc1CC(C)N.Cl. The van der Waals surface area contributed by atoms with Crippen LogP contribution in [0.5, 0.6) is 5.75 Å². The summed E-state index contributed by atoms with van der Waals surface area (Å²) < 4.78 is 5.90. The third-order valence-corrected chi connectivity index (χ3v) is 4.15. The second-order valence-electron chi connectivity index (χ2n) is 8.60. The summed E-state index contributed by atoms with van der Waals surface area (Å²) in [7, 11) is 0. The highest BCUT2D eigenvalue weighted by molar-refractivity contribution is 6.32. The van der Waals surface area contributed by atoms with Gasteiger partial charge in [-0.25, -0.2) is 0 Å². The van der Waals surface area contributed by atoms with Gasteiger partial charge in [0.15, 0.2) is 0 Å². The molecule has 2 N–H and O–H groups in total. The van der Waals surface area contributed by atoms with Crippen molar-refractivity contribution < 1.29 is 4.74 Å². The second kappa shape index (κ2) is 9.31. The lowest BCUT2D eigenvalue weighted by molar-refractivity contribution is 0.283. The molecular weight excluding hydrogens is 341 g/mol. The predicted octanol–water partition coefficient (Wildman–Crippen LogP) is 6.15. The number of ether oxygens (including phenoxy) is 1. The first kappa shape index (κ1) is 23.6. The molecule has 0 heterocycles. The quantitative estimate of drug-likeness (QED) is 0.619. The molecule has 24 heavy (non-hydrogen) atoms. The normalized spacial score (nSPS) is 13.4. The maximum atomic E-state index is 6.57.